The first kappa shape index (κ1) is 29.2. The first-order chi connectivity index (χ1) is 24.3. The van der Waals surface area contributed by atoms with Crippen molar-refractivity contribution in [2.24, 2.45) is 0 Å². The molecule has 10 rings (SSSR count). The Morgan fingerprint density at radius 3 is 1.32 bits per heavy atom. The van der Waals surface area contributed by atoms with Gasteiger partial charge in [0.2, 0.25) is 0 Å². The minimum absolute atomic E-state index is 0.0155. The normalized spacial score (nSPS) is 14.7. The van der Waals surface area contributed by atoms with Crippen molar-refractivity contribution in [3.05, 3.63) is 180 Å². The molecule has 0 unspecified atom stereocenters. The van der Waals surface area contributed by atoms with Crippen molar-refractivity contribution >= 4 is 21.5 Å². The molecule has 50 heavy (non-hydrogen) atoms. The van der Waals surface area contributed by atoms with Crippen molar-refractivity contribution in [3.63, 3.8) is 0 Å². The van der Waals surface area contributed by atoms with Crippen LogP contribution in [0.1, 0.15) is 49.9 Å². The summed E-state index contributed by atoms with van der Waals surface area (Å²) >= 11 is 0. The van der Waals surface area contributed by atoms with Gasteiger partial charge in [0, 0.05) is 10.8 Å². The third kappa shape index (κ3) is 4.00. The second kappa shape index (κ2) is 10.4. The summed E-state index contributed by atoms with van der Waals surface area (Å²) in [7, 11) is 0. The number of rotatable bonds is 3. The highest BCUT2D eigenvalue weighted by atomic mass is 14.4. The molecule has 0 spiro atoms. The molecule has 8 aromatic rings. The molecule has 0 heterocycles. The molecule has 0 nitrogen and oxygen atoms in total. The van der Waals surface area contributed by atoms with Gasteiger partial charge in [-0.2, -0.15) is 0 Å². The standard InChI is InChI=1S/C50H38/c1-49(2)43-21-13-12-16-35(43)41-29-42-40-28-34(26-27-44(40)50(3,4)46(42)30-45(41)49)48-38-19-10-8-17-36(38)47(37-18-9-11-20-39(37)48)33-24-22-32(23-25-33)31-14-6-5-7-15-31/h5-30H,1-4H3. The number of benzene rings is 8. The first-order valence-electron chi connectivity index (χ1n) is 17.9. The van der Waals surface area contributed by atoms with Crippen LogP contribution in [0.25, 0.3) is 77.2 Å². The molecule has 0 amide bonds. The molecule has 0 saturated carbocycles. The van der Waals surface area contributed by atoms with Crippen LogP contribution in [0.15, 0.2) is 158 Å². The lowest BCUT2D eigenvalue weighted by molar-refractivity contribution is 0.639. The van der Waals surface area contributed by atoms with Crippen molar-refractivity contribution in [1.29, 1.82) is 0 Å². The van der Waals surface area contributed by atoms with Crippen molar-refractivity contribution in [1.82, 2.24) is 0 Å². The largest absolute Gasteiger partial charge is 0.0622 e. The molecule has 0 N–H and O–H groups in total. The molecule has 2 aliphatic rings. The van der Waals surface area contributed by atoms with Gasteiger partial charge >= 0.3 is 0 Å². The van der Waals surface area contributed by atoms with Gasteiger partial charge in [-0.1, -0.05) is 173 Å². The molecule has 0 saturated heterocycles. The Morgan fingerprint density at radius 1 is 0.280 bits per heavy atom. The zero-order valence-corrected chi connectivity index (χ0v) is 29.0. The van der Waals surface area contributed by atoms with Crippen LogP contribution in [-0.2, 0) is 10.8 Å². The Morgan fingerprint density at radius 2 is 0.700 bits per heavy atom. The summed E-state index contributed by atoms with van der Waals surface area (Å²) in [6, 6.07) is 59.1. The van der Waals surface area contributed by atoms with E-state index in [-0.39, 0.29) is 10.8 Å². The highest BCUT2D eigenvalue weighted by Gasteiger charge is 2.41. The zero-order valence-electron chi connectivity index (χ0n) is 29.0. The molecule has 0 fully saturated rings. The smallest absolute Gasteiger partial charge is 0.0158 e. The predicted octanol–water partition coefficient (Wildman–Crippen LogP) is 13.6. The van der Waals surface area contributed by atoms with Gasteiger partial charge in [-0.15, -0.1) is 0 Å². The number of hydrogen-bond acceptors (Lipinski definition) is 0. The van der Waals surface area contributed by atoms with Crippen LogP contribution < -0.4 is 0 Å². The highest BCUT2D eigenvalue weighted by Crippen LogP contribution is 2.57. The van der Waals surface area contributed by atoms with Gasteiger partial charge < -0.3 is 0 Å². The average molecular weight is 639 g/mol. The van der Waals surface area contributed by atoms with Gasteiger partial charge in [0.25, 0.3) is 0 Å². The molecule has 0 bridgehead atoms. The summed E-state index contributed by atoms with van der Waals surface area (Å²) in [6.45, 7) is 9.58. The molecule has 0 radical (unpaired) electrons. The molecular weight excluding hydrogens is 601 g/mol. The summed E-state index contributed by atoms with van der Waals surface area (Å²) in [5, 5.41) is 5.14. The predicted molar refractivity (Wildman–Crippen MR) is 213 cm³/mol. The third-order valence-electron chi connectivity index (χ3n) is 11.9. The number of fused-ring (bicyclic) bond motifs is 8. The SMILES string of the molecule is CC1(C)c2ccccc2-c2cc3c(cc21)C(C)(C)c1ccc(-c2c4ccccc4c(-c4ccc(-c5ccccc5)cc4)c4ccccc24)cc1-3. The lowest BCUT2D eigenvalue weighted by Gasteiger charge is -2.26. The maximum atomic E-state index is 2.53. The van der Waals surface area contributed by atoms with Gasteiger partial charge in [-0.3, -0.25) is 0 Å². The Hall–Kier alpha value is -5.72. The van der Waals surface area contributed by atoms with Crippen molar-refractivity contribution in [2.45, 2.75) is 38.5 Å². The fraction of sp³-hybridized carbons (Fsp3) is 0.120. The summed E-state index contributed by atoms with van der Waals surface area (Å²) < 4.78 is 0. The molecular formula is C50H38. The van der Waals surface area contributed by atoms with Crippen LogP contribution in [0.4, 0.5) is 0 Å². The van der Waals surface area contributed by atoms with Crippen LogP contribution in [-0.4, -0.2) is 0 Å². The molecule has 2 aliphatic carbocycles. The molecule has 8 aromatic carbocycles. The summed E-state index contributed by atoms with van der Waals surface area (Å²) in [5.41, 5.74) is 18.7. The van der Waals surface area contributed by atoms with Crippen LogP contribution in [0.5, 0.6) is 0 Å². The summed E-state index contributed by atoms with van der Waals surface area (Å²) in [6.07, 6.45) is 0. The average Bonchev–Trinajstić information content (AvgIpc) is 3.52. The molecule has 238 valence electrons. The van der Waals surface area contributed by atoms with E-state index in [0.717, 1.165) is 0 Å². The van der Waals surface area contributed by atoms with Gasteiger partial charge in [0.15, 0.2) is 0 Å². The lowest BCUT2D eigenvalue weighted by atomic mass is 9.77. The fourth-order valence-corrected chi connectivity index (χ4v) is 9.31. The van der Waals surface area contributed by atoms with Crippen LogP contribution >= 0.6 is 0 Å². The minimum atomic E-state index is -0.0804. The van der Waals surface area contributed by atoms with Crippen molar-refractivity contribution < 1.29 is 0 Å². The van der Waals surface area contributed by atoms with Gasteiger partial charge in [0.05, 0.1) is 0 Å². The molecule has 0 atom stereocenters. The van der Waals surface area contributed by atoms with E-state index in [9.17, 15) is 0 Å². The van der Waals surface area contributed by atoms with E-state index in [4.69, 9.17) is 0 Å². The van der Waals surface area contributed by atoms with E-state index in [1.807, 2.05) is 0 Å². The van der Waals surface area contributed by atoms with E-state index in [1.54, 1.807) is 0 Å². The number of hydrogen-bond donors (Lipinski definition) is 0. The van der Waals surface area contributed by atoms with Gasteiger partial charge in [-0.05, 0) is 112 Å². The second-order valence-corrected chi connectivity index (χ2v) is 15.3. The monoisotopic (exact) mass is 638 g/mol. The Balaban J connectivity index is 1.19. The first-order valence-corrected chi connectivity index (χ1v) is 17.9. The highest BCUT2D eigenvalue weighted by molar-refractivity contribution is 6.21. The molecule has 0 aliphatic heterocycles. The van der Waals surface area contributed by atoms with Crippen molar-refractivity contribution in [3.8, 4) is 55.6 Å². The zero-order chi connectivity index (χ0) is 33.8. The minimum Gasteiger partial charge on any atom is -0.0622 e. The Kier molecular flexibility index (Phi) is 6.07. The third-order valence-corrected chi connectivity index (χ3v) is 11.9. The maximum absolute atomic E-state index is 2.53. The van der Waals surface area contributed by atoms with E-state index in [1.165, 1.54) is 99.4 Å². The van der Waals surface area contributed by atoms with E-state index < -0.39 is 0 Å². The van der Waals surface area contributed by atoms with E-state index in [2.05, 4.69) is 185 Å². The van der Waals surface area contributed by atoms with Crippen LogP contribution in [0.2, 0.25) is 0 Å². The molecule has 0 aromatic heterocycles. The van der Waals surface area contributed by atoms with Crippen LogP contribution in [0.3, 0.4) is 0 Å². The van der Waals surface area contributed by atoms with Gasteiger partial charge in [0.1, 0.15) is 0 Å². The van der Waals surface area contributed by atoms with Gasteiger partial charge in [-0.25, -0.2) is 0 Å². The van der Waals surface area contributed by atoms with Crippen molar-refractivity contribution in [2.75, 3.05) is 0 Å². The van der Waals surface area contributed by atoms with E-state index >= 15 is 0 Å². The Labute approximate surface area is 294 Å². The Bertz CT molecular complexity index is 2610. The molecule has 0 heteroatoms. The van der Waals surface area contributed by atoms with E-state index in [0.29, 0.717) is 0 Å². The summed E-state index contributed by atoms with van der Waals surface area (Å²) in [4.78, 5) is 0. The summed E-state index contributed by atoms with van der Waals surface area (Å²) in [5.74, 6) is 0. The topological polar surface area (TPSA) is 0 Å². The van der Waals surface area contributed by atoms with Crippen LogP contribution in [0, 0.1) is 0 Å². The second-order valence-electron chi connectivity index (χ2n) is 15.3. The maximum Gasteiger partial charge on any atom is 0.0158 e. The quantitative estimate of drug-likeness (QED) is 0.169. The fourth-order valence-electron chi connectivity index (χ4n) is 9.31. The lowest BCUT2D eigenvalue weighted by Crippen LogP contribution is -2.18.